The largest absolute Gasteiger partial charge is 0.497 e. The van der Waals surface area contributed by atoms with Gasteiger partial charge in [-0.2, -0.15) is 0 Å². The van der Waals surface area contributed by atoms with E-state index in [1.54, 1.807) is 25.3 Å². The summed E-state index contributed by atoms with van der Waals surface area (Å²) in [4.78, 5) is 28.8. The number of anilines is 2. The molecule has 4 rings (SSSR count). The summed E-state index contributed by atoms with van der Waals surface area (Å²) in [6, 6.07) is 13.1. The molecule has 0 bridgehead atoms. The Morgan fingerprint density at radius 1 is 0.968 bits per heavy atom. The number of carbonyl (C=O) groups excluding carboxylic acids is 2. The van der Waals surface area contributed by atoms with E-state index in [4.69, 9.17) is 14.2 Å². The summed E-state index contributed by atoms with van der Waals surface area (Å²) in [5, 5.41) is 5.26. The van der Waals surface area contributed by atoms with Crippen LogP contribution in [0.25, 0.3) is 0 Å². The van der Waals surface area contributed by atoms with Crippen molar-refractivity contribution in [2.75, 3.05) is 63.4 Å². The van der Waals surface area contributed by atoms with E-state index in [2.05, 4.69) is 32.6 Å². The third-order valence-corrected chi connectivity index (χ3v) is 5.36. The molecule has 1 fully saturated rings. The Bertz CT molecular complexity index is 926. The van der Waals surface area contributed by atoms with Gasteiger partial charge in [0.2, 0.25) is 6.79 Å². The first-order chi connectivity index (χ1) is 15.1. The zero-order valence-corrected chi connectivity index (χ0v) is 17.4. The van der Waals surface area contributed by atoms with Gasteiger partial charge in [0.25, 0.3) is 0 Å². The molecule has 0 spiro atoms. The van der Waals surface area contributed by atoms with Gasteiger partial charge in [-0.05, 0) is 36.4 Å². The molecule has 164 valence electrons. The fraction of sp³-hybridized carbons (Fsp3) is 0.364. The van der Waals surface area contributed by atoms with Crippen LogP contribution < -0.4 is 29.7 Å². The van der Waals surface area contributed by atoms with Crippen molar-refractivity contribution in [2.45, 2.75) is 0 Å². The molecule has 31 heavy (non-hydrogen) atoms. The molecular weight excluding hydrogens is 400 g/mol. The topological polar surface area (TPSA) is 92.4 Å². The fourth-order valence-corrected chi connectivity index (χ4v) is 3.59. The number of methoxy groups -OCH3 is 1. The minimum atomic E-state index is -0.705. The van der Waals surface area contributed by atoms with E-state index in [1.165, 1.54) is 5.69 Å². The maximum atomic E-state index is 12.1. The van der Waals surface area contributed by atoms with Crippen LogP contribution in [-0.2, 0) is 9.59 Å². The summed E-state index contributed by atoms with van der Waals surface area (Å²) >= 11 is 0. The first-order valence-electron chi connectivity index (χ1n) is 10.2. The number of nitrogens with zero attached hydrogens (tertiary/aromatic N) is 2. The molecule has 0 aliphatic carbocycles. The second-order valence-electron chi connectivity index (χ2n) is 7.30. The molecule has 2 aliphatic heterocycles. The lowest BCUT2D eigenvalue weighted by Gasteiger charge is -2.36. The van der Waals surface area contributed by atoms with Crippen LogP contribution in [0.15, 0.2) is 42.5 Å². The Labute approximate surface area is 180 Å². The predicted octanol–water partition coefficient (Wildman–Crippen LogP) is 1.30. The molecule has 9 heteroatoms. The molecular formula is C22H26N4O5. The second kappa shape index (κ2) is 9.57. The number of hydrogen-bond acceptors (Lipinski definition) is 7. The maximum absolute atomic E-state index is 12.1. The molecule has 1 saturated heterocycles. The predicted molar refractivity (Wildman–Crippen MR) is 116 cm³/mol. The van der Waals surface area contributed by atoms with Gasteiger partial charge in [0.05, 0.1) is 7.11 Å². The Morgan fingerprint density at radius 3 is 2.45 bits per heavy atom. The molecule has 0 radical (unpaired) electrons. The van der Waals surface area contributed by atoms with Gasteiger partial charge in [-0.1, -0.05) is 0 Å². The minimum Gasteiger partial charge on any atom is -0.497 e. The van der Waals surface area contributed by atoms with Gasteiger partial charge >= 0.3 is 11.8 Å². The summed E-state index contributed by atoms with van der Waals surface area (Å²) in [6.45, 7) is 4.86. The zero-order chi connectivity index (χ0) is 21.6. The van der Waals surface area contributed by atoms with Gasteiger partial charge in [-0.25, -0.2) is 0 Å². The van der Waals surface area contributed by atoms with Crippen LogP contribution in [0.3, 0.4) is 0 Å². The standard InChI is InChI=1S/C22H26N4O5/c1-29-18-5-3-17(4-6-18)26-12-10-25(11-13-26)9-8-23-21(27)22(28)24-16-2-7-19-20(14-16)31-15-30-19/h2-7,14H,8-13,15H2,1H3,(H,23,27)(H,24,28). The Kier molecular flexibility index (Phi) is 6.42. The average molecular weight is 426 g/mol. The highest BCUT2D eigenvalue weighted by molar-refractivity contribution is 6.39. The van der Waals surface area contributed by atoms with E-state index in [0.29, 0.717) is 30.3 Å². The van der Waals surface area contributed by atoms with Crippen LogP contribution in [0.5, 0.6) is 17.2 Å². The Hall–Kier alpha value is -3.46. The van der Waals surface area contributed by atoms with Crippen molar-refractivity contribution in [1.29, 1.82) is 0 Å². The van der Waals surface area contributed by atoms with Crippen LogP contribution in [0.2, 0.25) is 0 Å². The molecule has 2 N–H and O–H groups in total. The van der Waals surface area contributed by atoms with E-state index < -0.39 is 11.8 Å². The van der Waals surface area contributed by atoms with Crippen LogP contribution in [0.4, 0.5) is 11.4 Å². The molecule has 2 aromatic carbocycles. The van der Waals surface area contributed by atoms with Crippen molar-refractivity contribution < 1.29 is 23.8 Å². The number of carbonyl (C=O) groups is 2. The summed E-state index contributed by atoms with van der Waals surface area (Å²) in [7, 11) is 1.66. The van der Waals surface area contributed by atoms with Gasteiger partial charge in [0.15, 0.2) is 11.5 Å². The molecule has 2 amide bonds. The van der Waals surface area contributed by atoms with Crippen molar-refractivity contribution in [2.24, 2.45) is 0 Å². The minimum absolute atomic E-state index is 0.154. The quantitative estimate of drug-likeness (QED) is 0.673. The van der Waals surface area contributed by atoms with Gasteiger partial charge in [0, 0.05) is 56.7 Å². The van der Waals surface area contributed by atoms with Crippen LogP contribution in [-0.4, -0.2) is 69.9 Å². The van der Waals surface area contributed by atoms with Crippen molar-refractivity contribution in [3.8, 4) is 17.2 Å². The lowest BCUT2D eigenvalue weighted by molar-refractivity contribution is -0.136. The van der Waals surface area contributed by atoms with Gasteiger partial charge in [-0.15, -0.1) is 0 Å². The fourth-order valence-electron chi connectivity index (χ4n) is 3.59. The number of hydrogen-bond donors (Lipinski definition) is 2. The van der Waals surface area contributed by atoms with Crippen molar-refractivity contribution >= 4 is 23.2 Å². The molecule has 2 aliphatic rings. The van der Waals surface area contributed by atoms with E-state index in [-0.39, 0.29) is 6.79 Å². The molecule has 0 atom stereocenters. The highest BCUT2D eigenvalue weighted by Crippen LogP contribution is 2.34. The molecule has 0 aromatic heterocycles. The average Bonchev–Trinajstić information content (AvgIpc) is 3.27. The highest BCUT2D eigenvalue weighted by atomic mass is 16.7. The Balaban J connectivity index is 1.16. The molecule has 9 nitrogen and oxygen atoms in total. The highest BCUT2D eigenvalue weighted by Gasteiger charge is 2.19. The second-order valence-corrected chi connectivity index (χ2v) is 7.30. The van der Waals surface area contributed by atoms with Crippen molar-refractivity contribution in [3.63, 3.8) is 0 Å². The number of nitrogens with one attached hydrogen (secondary N) is 2. The van der Waals surface area contributed by atoms with Crippen molar-refractivity contribution in [1.82, 2.24) is 10.2 Å². The van der Waals surface area contributed by atoms with Crippen molar-refractivity contribution in [3.05, 3.63) is 42.5 Å². The number of fused-ring (bicyclic) bond motifs is 1. The lowest BCUT2D eigenvalue weighted by atomic mass is 10.2. The monoisotopic (exact) mass is 426 g/mol. The lowest BCUT2D eigenvalue weighted by Crippen LogP contribution is -2.49. The SMILES string of the molecule is COc1ccc(N2CCN(CCNC(=O)C(=O)Nc3ccc4c(c3)OCO4)CC2)cc1. The number of amides is 2. The third-order valence-electron chi connectivity index (χ3n) is 5.36. The number of piperazine rings is 1. The summed E-state index contributed by atoms with van der Waals surface area (Å²) in [5.41, 5.74) is 1.66. The van der Waals surface area contributed by atoms with Gasteiger partial charge < -0.3 is 29.7 Å². The zero-order valence-electron chi connectivity index (χ0n) is 17.4. The smallest absolute Gasteiger partial charge is 0.313 e. The third kappa shape index (κ3) is 5.18. The van der Waals surface area contributed by atoms with E-state index >= 15 is 0 Å². The molecule has 2 aromatic rings. The number of rotatable bonds is 6. The van der Waals surface area contributed by atoms with Crippen LogP contribution in [0, 0.1) is 0 Å². The molecule has 2 heterocycles. The van der Waals surface area contributed by atoms with Crippen LogP contribution in [0.1, 0.15) is 0 Å². The maximum Gasteiger partial charge on any atom is 0.313 e. The van der Waals surface area contributed by atoms with E-state index in [1.807, 2.05) is 12.1 Å². The number of benzene rings is 2. The van der Waals surface area contributed by atoms with Gasteiger partial charge in [0.1, 0.15) is 5.75 Å². The van der Waals surface area contributed by atoms with E-state index in [9.17, 15) is 9.59 Å². The van der Waals surface area contributed by atoms with Crippen LogP contribution >= 0.6 is 0 Å². The summed E-state index contributed by atoms with van der Waals surface area (Å²) < 4.78 is 15.7. The molecule has 0 unspecified atom stereocenters. The first kappa shape index (κ1) is 20.8. The Morgan fingerprint density at radius 2 is 1.71 bits per heavy atom. The molecule has 0 saturated carbocycles. The van der Waals surface area contributed by atoms with E-state index in [0.717, 1.165) is 31.9 Å². The summed E-state index contributed by atoms with van der Waals surface area (Å²) in [6.07, 6.45) is 0. The number of ether oxygens (including phenoxy) is 3. The first-order valence-corrected chi connectivity index (χ1v) is 10.2. The normalized spacial score (nSPS) is 15.5. The summed E-state index contributed by atoms with van der Waals surface area (Å²) in [5.74, 6) is 0.653. The van der Waals surface area contributed by atoms with Gasteiger partial charge in [-0.3, -0.25) is 14.5 Å².